The Kier molecular flexibility index (Phi) is 10.5. The van der Waals surface area contributed by atoms with Gasteiger partial charge in [0.1, 0.15) is 0 Å². The van der Waals surface area contributed by atoms with E-state index in [2.05, 4.69) is 50.2 Å². The van der Waals surface area contributed by atoms with E-state index >= 15 is 0 Å². The third-order valence-electron chi connectivity index (χ3n) is 8.24. The van der Waals surface area contributed by atoms with E-state index in [1.54, 1.807) is 55.7 Å². The van der Waals surface area contributed by atoms with Gasteiger partial charge >= 0.3 is 11.8 Å². The van der Waals surface area contributed by atoms with Crippen LogP contribution in [0.25, 0.3) is 34.0 Å². The smallest absolute Gasteiger partial charge is 0.331 e. The SMILES string of the molecule is CC1C=C(C(=N)/C=C\c2n[nH]c(C(F)(F)c3ccc4ncccc4c3)n2)SN1.Cc1cc(C(=N)/C=C\c2n[nH]c(C(F)(F)c3ccc4ncccc4c3)n2)on1. The average Bonchev–Trinajstić information content (AvgIpc) is 4.05. The number of benzene rings is 2. The van der Waals surface area contributed by atoms with E-state index in [1.165, 1.54) is 66.6 Å². The van der Waals surface area contributed by atoms with Gasteiger partial charge in [-0.2, -0.15) is 27.8 Å². The minimum Gasteiger partial charge on any atom is -0.354 e. The zero-order valence-electron chi connectivity index (χ0n) is 29.4. The van der Waals surface area contributed by atoms with Crippen LogP contribution in [0.4, 0.5) is 17.6 Å². The topological polar surface area (TPSA) is 195 Å². The zero-order chi connectivity index (χ0) is 39.5. The van der Waals surface area contributed by atoms with Crippen LogP contribution in [0, 0.1) is 17.7 Å². The Bertz CT molecular complexity index is 2660. The predicted molar refractivity (Wildman–Crippen MR) is 204 cm³/mol. The molecule has 18 heteroatoms. The number of aryl methyl sites for hydroxylation is 1. The fourth-order valence-corrected chi connectivity index (χ4v) is 6.19. The van der Waals surface area contributed by atoms with Crippen molar-refractivity contribution < 1.29 is 22.1 Å². The largest absolute Gasteiger partial charge is 0.354 e. The second-order valence-electron chi connectivity index (χ2n) is 12.4. The lowest BCUT2D eigenvalue weighted by Gasteiger charge is -2.14. The van der Waals surface area contributed by atoms with Gasteiger partial charge in [0, 0.05) is 51.3 Å². The van der Waals surface area contributed by atoms with E-state index in [4.69, 9.17) is 15.3 Å². The molecule has 1 unspecified atom stereocenters. The highest BCUT2D eigenvalue weighted by molar-refractivity contribution is 8.02. The monoisotopic (exact) mass is 778 g/mol. The number of nitrogens with one attached hydrogen (secondary N) is 5. The molecule has 1 aliphatic heterocycles. The Morgan fingerprint density at radius 1 is 0.768 bits per heavy atom. The van der Waals surface area contributed by atoms with Crippen LogP contribution in [0.3, 0.4) is 0 Å². The Hall–Kier alpha value is -6.66. The first-order valence-electron chi connectivity index (χ1n) is 16.8. The number of pyridine rings is 2. The van der Waals surface area contributed by atoms with E-state index in [-0.39, 0.29) is 46.0 Å². The number of rotatable bonds is 10. The molecule has 282 valence electrons. The van der Waals surface area contributed by atoms with Crippen LogP contribution in [0.15, 0.2) is 107 Å². The summed E-state index contributed by atoms with van der Waals surface area (Å²) in [5.41, 5.74) is 1.79. The molecule has 6 heterocycles. The first-order valence-corrected chi connectivity index (χ1v) is 17.6. The van der Waals surface area contributed by atoms with Gasteiger partial charge in [-0.1, -0.05) is 29.4 Å². The number of hydrogen-bond acceptors (Lipinski definition) is 12. The molecule has 0 radical (unpaired) electrons. The number of aromatic nitrogens is 9. The maximum absolute atomic E-state index is 14.9. The fourth-order valence-electron chi connectivity index (χ4n) is 5.36. The minimum absolute atomic E-state index is 0.0260. The molecule has 0 fully saturated rings. The van der Waals surface area contributed by atoms with Gasteiger partial charge in [-0.3, -0.25) is 35.7 Å². The molecule has 7 aromatic rings. The van der Waals surface area contributed by atoms with Crippen molar-refractivity contribution in [1.82, 2.24) is 50.2 Å². The van der Waals surface area contributed by atoms with Gasteiger partial charge in [-0.25, -0.2) is 9.97 Å². The van der Waals surface area contributed by atoms with E-state index < -0.39 is 23.5 Å². The zero-order valence-corrected chi connectivity index (χ0v) is 30.2. The van der Waals surface area contributed by atoms with Crippen molar-refractivity contribution in [3.05, 3.63) is 148 Å². The number of halogens is 4. The Morgan fingerprint density at radius 3 is 1.79 bits per heavy atom. The standard InChI is InChI=1S/C19H14F2N6O.C19H16F2N6S/c2*1-11-9-16(28-27-11)14(22)5-7-17-24-18(26-25-17)19(20,21)13-4-6-15-12(10-13)3-2-8-23-15/h2-10,22H,1H3,(H,24,25,26);2-11,22,27H,1H3,(H,24,25,26)/b2*7-5-,22-14?. The van der Waals surface area contributed by atoms with Gasteiger partial charge in [0.2, 0.25) is 0 Å². The molecule has 13 nitrogen and oxygen atoms in total. The van der Waals surface area contributed by atoms with Crippen LogP contribution in [0.1, 0.15) is 52.8 Å². The van der Waals surface area contributed by atoms with E-state index in [0.29, 0.717) is 27.5 Å². The first kappa shape index (κ1) is 37.6. The van der Waals surface area contributed by atoms with Crippen molar-refractivity contribution in [1.29, 1.82) is 10.8 Å². The summed E-state index contributed by atoms with van der Waals surface area (Å²) in [4.78, 5) is 16.8. The summed E-state index contributed by atoms with van der Waals surface area (Å²) in [7, 11) is 0. The second kappa shape index (κ2) is 15.6. The van der Waals surface area contributed by atoms with Crippen molar-refractivity contribution in [2.24, 2.45) is 0 Å². The van der Waals surface area contributed by atoms with Crippen molar-refractivity contribution in [3.63, 3.8) is 0 Å². The number of allylic oxidation sites excluding steroid dienone is 3. The minimum atomic E-state index is -3.36. The summed E-state index contributed by atoms with van der Waals surface area (Å²) in [6.45, 7) is 3.71. The Morgan fingerprint density at radius 2 is 1.30 bits per heavy atom. The predicted octanol–water partition coefficient (Wildman–Crippen LogP) is 7.92. The lowest BCUT2D eigenvalue weighted by molar-refractivity contribution is 0.0329. The summed E-state index contributed by atoms with van der Waals surface area (Å²) in [5, 5.41) is 33.0. The van der Waals surface area contributed by atoms with E-state index in [1.807, 2.05) is 13.0 Å². The van der Waals surface area contributed by atoms with Crippen LogP contribution in [0.2, 0.25) is 0 Å². The summed E-state index contributed by atoms with van der Waals surface area (Å²) in [6, 6.07) is 17.1. The van der Waals surface area contributed by atoms with E-state index in [0.717, 1.165) is 4.91 Å². The van der Waals surface area contributed by atoms with Crippen LogP contribution < -0.4 is 4.72 Å². The maximum Gasteiger partial charge on any atom is 0.331 e. The molecule has 0 bridgehead atoms. The molecule has 1 atom stereocenters. The highest BCUT2D eigenvalue weighted by Crippen LogP contribution is 2.36. The first-order chi connectivity index (χ1) is 26.9. The fraction of sp³-hybridized carbons (Fsp3) is 0.132. The molecule has 2 aromatic carbocycles. The number of nitrogens with zero attached hydrogens (tertiary/aromatic N) is 7. The summed E-state index contributed by atoms with van der Waals surface area (Å²) < 4.78 is 67.5. The van der Waals surface area contributed by atoms with Crippen LogP contribution in [0.5, 0.6) is 0 Å². The molecule has 1 aliphatic rings. The maximum atomic E-state index is 14.9. The van der Waals surface area contributed by atoms with Gasteiger partial charge in [0.15, 0.2) is 29.1 Å². The number of aromatic amines is 2. The molecule has 0 amide bonds. The summed E-state index contributed by atoms with van der Waals surface area (Å²) in [6.07, 6.45) is 10.8. The third-order valence-corrected chi connectivity index (χ3v) is 9.31. The van der Waals surface area contributed by atoms with Gasteiger partial charge in [0.05, 0.1) is 28.2 Å². The van der Waals surface area contributed by atoms with Crippen LogP contribution in [-0.4, -0.2) is 63.0 Å². The third kappa shape index (κ3) is 8.20. The molecular weight excluding hydrogens is 749 g/mol. The molecule has 5 N–H and O–H groups in total. The van der Waals surface area contributed by atoms with E-state index in [9.17, 15) is 17.6 Å². The van der Waals surface area contributed by atoms with Gasteiger partial charge < -0.3 is 4.52 Å². The molecule has 5 aromatic heterocycles. The van der Waals surface area contributed by atoms with Crippen molar-refractivity contribution in [2.45, 2.75) is 31.7 Å². The molecule has 0 saturated heterocycles. The van der Waals surface area contributed by atoms with Crippen molar-refractivity contribution in [3.8, 4) is 0 Å². The highest BCUT2D eigenvalue weighted by Gasteiger charge is 2.39. The summed E-state index contributed by atoms with van der Waals surface area (Å²) in [5.74, 6) is -7.45. The van der Waals surface area contributed by atoms with Gasteiger partial charge in [0.25, 0.3) is 0 Å². The second-order valence-corrected chi connectivity index (χ2v) is 13.3. The summed E-state index contributed by atoms with van der Waals surface area (Å²) >= 11 is 1.36. The van der Waals surface area contributed by atoms with Gasteiger partial charge in [-0.05, 0) is 92.6 Å². The molecule has 56 heavy (non-hydrogen) atoms. The van der Waals surface area contributed by atoms with Crippen molar-refractivity contribution >= 4 is 57.3 Å². The molecule has 0 aliphatic carbocycles. The average molecular weight is 779 g/mol. The molecule has 0 spiro atoms. The Labute approximate surface area is 319 Å². The Balaban J connectivity index is 0.000000172. The molecule has 8 rings (SSSR count). The van der Waals surface area contributed by atoms with Crippen LogP contribution >= 0.6 is 11.9 Å². The van der Waals surface area contributed by atoms with Gasteiger partial charge in [-0.15, -0.1) is 0 Å². The van der Waals surface area contributed by atoms with Crippen LogP contribution in [-0.2, 0) is 11.8 Å². The highest BCUT2D eigenvalue weighted by atomic mass is 32.2. The van der Waals surface area contributed by atoms with Crippen molar-refractivity contribution in [2.75, 3.05) is 0 Å². The number of hydrogen-bond donors (Lipinski definition) is 5. The number of alkyl halides is 4. The number of H-pyrrole nitrogens is 2. The lowest BCUT2D eigenvalue weighted by Crippen LogP contribution is -2.17. The molecule has 0 saturated carbocycles. The normalized spacial score (nSPS) is 14.8. The lowest BCUT2D eigenvalue weighted by atomic mass is 10.0. The quantitative estimate of drug-likeness (QED) is 0.0517. The number of fused-ring (bicyclic) bond motifs is 2. The molecular formula is C38H30F4N12OS.